The van der Waals surface area contributed by atoms with Crippen molar-refractivity contribution in [3.63, 3.8) is 0 Å². The van der Waals surface area contributed by atoms with E-state index in [1.54, 1.807) is 7.11 Å². The number of anilines is 1. The maximum atomic E-state index is 6.10. The second-order valence-corrected chi connectivity index (χ2v) is 5.59. The van der Waals surface area contributed by atoms with E-state index in [-0.39, 0.29) is 0 Å². The molecule has 3 heteroatoms. The van der Waals surface area contributed by atoms with Crippen molar-refractivity contribution in [2.24, 2.45) is 5.92 Å². The molecule has 0 bridgehead atoms. The zero-order valence-corrected chi connectivity index (χ0v) is 13.1. The van der Waals surface area contributed by atoms with Crippen LogP contribution in [0.3, 0.4) is 0 Å². The molecule has 1 rings (SSSR count). The third kappa shape index (κ3) is 6.20. The molecule has 0 aliphatic heterocycles. The summed E-state index contributed by atoms with van der Waals surface area (Å²) in [4.78, 5) is 0. The summed E-state index contributed by atoms with van der Waals surface area (Å²) in [6.07, 6.45) is 6.64. The van der Waals surface area contributed by atoms with Crippen LogP contribution in [-0.4, -0.2) is 13.7 Å². The van der Waals surface area contributed by atoms with Crippen LogP contribution in [0.1, 0.15) is 46.0 Å². The second-order valence-electron chi connectivity index (χ2n) is 5.18. The number of unbranched alkanes of at least 4 members (excludes halogenated alkanes) is 3. The third-order valence-corrected chi connectivity index (χ3v) is 3.65. The standard InChI is InChI=1S/C16H26ClNO/c1-4-5-6-7-8-13(2)12-18-14-9-10-16(19-3)15(17)11-14/h9-11,13,18H,4-8,12H2,1-3H3. The van der Waals surface area contributed by atoms with Gasteiger partial charge in [-0.1, -0.05) is 51.1 Å². The molecule has 2 nitrogen and oxygen atoms in total. The van der Waals surface area contributed by atoms with E-state index in [2.05, 4.69) is 19.2 Å². The molecule has 0 radical (unpaired) electrons. The van der Waals surface area contributed by atoms with Gasteiger partial charge in [0.05, 0.1) is 12.1 Å². The number of hydrogen-bond donors (Lipinski definition) is 1. The van der Waals surface area contributed by atoms with Gasteiger partial charge >= 0.3 is 0 Å². The molecular weight excluding hydrogens is 258 g/mol. The number of benzene rings is 1. The first kappa shape index (κ1) is 16.2. The zero-order valence-electron chi connectivity index (χ0n) is 12.3. The van der Waals surface area contributed by atoms with Crippen LogP contribution in [0.5, 0.6) is 5.75 Å². The molecule has 1 atom stereocenters. The van der Waals surface area contributed by atoms with Crippen LogP contribution in [0, 0.1) is 5.92 Å². The lowest BCUT2D eigenvalue weighted by molar-refractivity contribution is 0.415. The Bertz CT molecular complexity index is 368. The Hall–Kier alpha value is -0.890. The Kier molecular flexibility index (Phi) is 7.73. The highest BCUT2D eigenvalue weighted by atomic mass is 35.5. The molecule has 108 valence electrons. The van der Waals surface area contributed by atoms with Gasteiger partial charge in [-0.25, -0.2) is 0 Å². The summed E-state index contributed by atoms with van der Waals surface area (Å²) in [7, 11) is 1.63. The molecule has 0 spiro atoms. The fraction of sp³-hybridized carbons (Fsp3) is 0.625. The summed E-state index contributed by atoms with van der Waals surface area (Å²) < 4.78 is 5.14. The molecule has 19 heavy (non-hydrogen) atoms. The van der Waals surface area contributed by atoms with E-state index in [1.165, 1.54) is 32.1 Å². The van der Waals surface area contributed by atoms with Gasteiger partial charge < -0.3 is 10.1 Å². The van der Waals surface area contributed by atoms with Gasteiger partial charge in [-0.05, 0) is 30.5 Å². The van der Waals surface area contributed by atoms with E-state index in [1.807, 2.05) is 18.2 Å². The van der Waals surface area contributed by atoms with E-state index in [4.69, 9.17) is 16.3 Å². The molecular formula is C16H26ClNO. The highest BCUT2D eigenvalue weighted by molar-refractivity contribution is 6.32. The SMILES string of the molecule is CCCCCCC(C)CNc1ccc(OC)c(Cl)c1. The van der Waals surface area contributed by atoms with Crippen LogP contribution < -0.4 is 10.1 Å². The predicted molar refractivity (Wildman–Crippen MR) is 84.4 cm³/mol. The van der Waals surface area contributed by atoms with Crippen LogP contribution in [0.25, 0.3) is 0 Å². The first-order chi connectivity index (χ1) is 9.17. The molecule has 0 aliphatic rings. The van der Waals surface area contributed by atoms with E-state index < -0.39 is 0 Å². The van der Waals surface area contributed by atoms with Crippen molar-refractivity contribution in [1.82, 2.24) is 0 Å². The zero-order chi connectivity index (χ0) is 14.1. The third-order valence-electron chi connectivity index (χ3n) is 3.36. The first-order valence-electron chi connectivity index (χ1n) is 7.24. The fourth-order valence-corrected chi connectivity index (χ4v) is 2.35. The molecule has 0 amide bonds. The monoisotopic (exact) mass is 283 g/mol. The Morgan fingerprint density at radius 1 is 1.26 bits per heavy atom. The van der Waals surface area contributed by atoms with Crippen molar-refractivity contribution in [3.05, 3.63) is 23.2 Å². The van der Waals surface area contributed by atoms with Crippen molar-refractivity contribution in [2.45, 2.75) is 46.0 Å². The van der Waals surface area contributed by atoms with E-state index >= 15 is 0 Å². The number of hydrogen-bond acceptors (Lipinski definition) is 2. The number of nitrogens with one attached hydrogen (secondary N) is 1. The van der Waals surface area contributed by atoms with Crippen LogP contribution in [0.15, 0.2) is 18.2 Å². The summed E-state index contributed by atoms with van der Waals surface area (Å²) in [6, 6.07) is 5.83. The van der Waals surface area contributed by atoms with Gasteiger partial charge in [0.2, 0.25) is 0 Å². The molecule has 1 aromatic rings. The molecule has 1 unspecified atom stereocenters. The largest absolute Gasteiger partial charge is 0.495 e. The first-order valence-corrected chi connectivity index (χ1v) is 7.62. The minimum atomic E-state index is 0.656. The van der Waals surface area contributed by atoms with Crippen LogP contribution >= 0.6 is 11.6 Å². The van der Waals surface area contributed by atoms with E-state index in [0.717, 1.165) is 18.0 Å². The number of rotatable bonds is 9. The summed E-state index contributed by atoms with van der Waals surface area (Å²) in [5.74, 6) is 1.41. The molecule has 0 saturated heterocycles. The maximum absolute atomic E-state index is 6.10. The molecule has 0 fully saturated rings. The van der Waals surface area contributed by atoms with Gasteiger partial charge in [-0.2, -0.15) is 0 Å². The second kappa shape index (κ2) is 9.08. The van der Waals surface area contributed by atoms with Gasteiger partial charge in [0.25, 0.3) is 0 Å². The Morgan fingerprint density at radius 3 is 2.68 bits per heavy atom. The quantitative estimate of drug-likeness (QED) is 0.615. The topological polar surface area (TPSA) is 21.3 Å². The average molecular weight is 284 g/mol. The van der Waals surface area contributed by atoms with Gasteiger partial charge in [-0.15, -0.1) is 0 Å². The summed E-state index contributed by atoms with van der Waals surface area (Å²) in [5, 5.41) is 4.09. The average Bonchev–Trinajstić information content (AvgIpc) is 2.41. The molecule has 0 saturated carbocycles. The van der Waals surface area contributed by atoms with Gasteiger partial charge in [0.15, 0.2) is 0 Å². The smallest absolute Gasteiger partial charge is 0.137 e. The molecule has 0 aromatic heterocycles. The predicted octanol–water partition coefficient (Wildman–Crippen LogP) is 5.37. The highest BCUT2D eigenvalue weighted by Gasteiger charge is 2.04. The molecule has 0 aliphatic carbocycles. The van der Waals surface area contributed by atoms with Crippen molar-refractivity contribution in [2.75, 3.05) is 19.0 Å². The lowest BCUT2D eigenvalue weighted by Gasteiger charge is -2.14. The normalized spacial score (nSPS) is 12.2. The van der Waals surface area contributed by atoms with Crippen molar-refractivity contribution < 1.29 is 4.74 Å². The Morgan fingerprint density at radius 2 is 2.05 bits per heavy atom. The molecule has 0 heterocycles. The molecule has 1 N–H and O–H groups in total. The Balaban J connectivity index is 2.29. The Labute approximate surface area is 122 Å². The van der Waals surface area contributed by atoms with Crippen molar-refractivity contribution >= 4 is 17.3 Å². The maximum Gasteiger partial charge on any atom is 0.137 e. The van der Waals surface area contributed by atoms with Crippen LogP contribution in [0.4, 0.5) is 5.69 Å². The fourth-order valence-electron chi connectivity index (χ4n) is 2.09. The lowest BCUT2D eigenvalue weighted by atomic mass is 10.0. The van der Waals surface area contributed by atoms with Crippen LogP contribution in [-0.2, 0) is 0 Å². The summed E-state index contributed by atoms with van der Waals surface area (Å²) in [6.45, 7) is 5.54. The number of methoxy groups -OCH3 is 1. The summed E-state index contributed by atoms with van der Waals surface area (Å²) >= 11 is 6.10. The van der Waals surface area contributed by atoms with Crippen LogP contribution in [0.2, 0.25) is 5.02 Å². The van der Waals surface area contributed by atoms with Gasteiger partial charge in [0.1, 0.15) is 5.75 Å². The minimum absolute atomic E-state index is 0.656. The van der Waals surface area contributed by atoms with Crippen molar-refractivity contribution in [3.8, 4) is 5.75 Å². The summed E-state index contributed by atoms with van der Waals surface area (Å²) in [5.41, 5.74) is 1.06. The van der Waals surface area contributed by atoms with Gasteiger partial charge in [0, 0.05) is 12.2 Å². The van der Waals surface area contributed by atoms with E-state index in [0.29, 0.717) is 10.9 Å². The van der Waals surface area contributed by atoms with Crippen molar-refractivity contribution in [1.29, 1.82) is 0 Å². The number of ether oxygens (including phenoxy) is 1. The minimum Gasteiger partial charge on any atom is -0.495 e. The van der Waals surface area contributed by atoms with E-state index in [9.17, 15) is 0 Å². The van der Waals surface area contributed by atoms with Gasteiger partial charge in [-0.3, -0.25) is 0 Å². The number of halogens is 1. The molecule has 1 aromatic carbocycles. The highest BCUT2D eigenvalue weighted by Crippen LogP contribution is 2.27. The lowest BCUT2D eigenvalue weighted by Crippen LogP contribution is -2.11.